The number of nitrogens with zero attached hydrogens (tertiary/aromatic N) is 4. The monoisotopic (exact) mass is 432 g/mol. The molecule has 156 valence electrons. The third kappa shape index (κ3) is 4.84. The van der Waals surface area contributed by atoms with Crippen LogP contribution in [0.25, 0.3) is 11.3 Å². The van der Waals surface area contributed by atoms with Crippen LogP contribution in [0.15, 0.2) is 55.1 Å². The first-order valence-corrected chi connectivity index (χ1v) is 10.3. The van der Waals surface area contributed by atoms with Crippen molar-refractivity contribution >= 4 is 34.6 Å². The van der Waals surface area contributed by atoms with Gasteiger partial charge in [-0.05, 0) is 43.7 Å². The summed E-state index contributed by atoms with van der Waals surface area (Å²) in [5.74, 6) is 0.898. The van der Waals surface area contributed by atoms with Crippen molar-refractivity contribution in [1.82, 2.24) is 19.9 Å². The second-order valence-corrected chi connectivity index (χ2v) is 7.97. The van der Waals surface area contributed by atoms with E-state index in [4.69, 9.17) is 4.74 Å². The largest absolute Gasteiger partial charge is 0.495 e. The second-order valence-electron chi connectivity index (χ2n) is 6.73. The first kappa shape index (κ1) is 20.4. The molecular formula is C22H20N6O2S. The normalized spacial score (nSPS) is 10.5. The molecule has 4 rings (SSSR count). The molecule has 0 fully saturated rings. The standard InChI is InChI=1S/C22H20N6O2S/c1-13-4-5-16(26-21(29)20-12-25-14(2)31-20)9-19(13)28-22-24-7-6-18(27-22)15-8-17(30-3)11-23-10-15/h4-12H,1-3H3,(H,26,29)(H,24,27,28). The van der Waals surface area contributed by atoms with Crippen molar-refractivity contribution < 1.29 is 9.53 Å². The fraction of sp³-hybridized carbons (Fsp3) is 0.136. The number of carbonyl (C=O) groups excluding carboxylic acids is 1. The number of methoxy groups -OCH3 is 1. The molecule has 0 saturated heterocycles. The van der Waals surface area contributed by atoms with E-state index in [1.54, 1.807) is 31.9 Å². The van der Waals surface area contributed by atoms with E-state index in [0.717, 1.165) is 21.8 Å². The lowest BCUT2D eigenvalue weighted by Crippen LogP contribution is -2.10. The number of rotatable bonds is 6. The highest BCUT2D eigenvalue weighted by Crippen LogP contribution is 2.26. The molecule has 0 aliphatic heterocycles. The summed E-state index contributed by atoms with van der Waals surface area (Å²) in [5, 5.41) is 6.98. The Labute approximate surface area is 183 Å². The van der Waals surface area contributed by atoms with Gasteiger partial charge in [-0.3, -0.25) is 9.78 Å². The summed E-state index contributed by atoms with van der Waals surface area (Å²) in [4.78, 5) is 30.2. The minimum atomic E-state index is -0.191. The molecule has 2 N–H and O–H groups in total. The maximum atomic E-state index is 12.4. The Hall–Kier alpha value is -3.85. The van der Waals surface area contributed by atoms with Gasteiger partial charge in [-0.1, -0.05) is 6.07 Å². The molecule has 31 heavy (non-hydrogen) atoms. The SMILES string of the molecule is COc1cncc(-c2ccnc(Nc3cc(NC(=O)c4cnc(C)s4)ccc3C)n2)c1. The Kier molecular flexibility index (Phi) is 5.85. The van der Waals surface area contributed by atoms with Crippen molar-refractivity contribution in [3.8, 4) is 17.0 Å². The van der Waals surface area contributed by atoms with Crippen molar-refractivity contribution in [3.63, 3.8) is 0 Å². The maximum Gasteiger partial charge on any atom is 0.267 e. The third-order valence-electron chi connectivity index (χ3n) is 4.49. The topological polar surface area (TPSA) is 102 Å². The molecule has 0 spiro atoms. The van der Waals surface area contributed by atoms with Gasteiger partial charge in [-0.15, -0.1) is 11.3 Å². The van der Waals surface area contributed by atoms with Gasteiger partial charge < -0.3 is 15.4 Å². The number of ether oxygens (including phenoxy) is 1. The van der Waals surface area contributed by atoms with Crippen LogP contribution in [0.2, 0.25) is 0 Å². The van der Waals surface area contributed by atoms with Gasteiger partial charge in [0.25, 0.3) is 5.91 Å². The lowest BCUT2D eigenvalue weighted by molar-refractivity contribution is 0.103. The first-order chi connectivity index (χ1) is 15.0. The Balaban J connectivity index is 1.55. The molecule has 8 nitrogen and oxygen atoms in total. The lowest BCUT2D eigenvalue weighted by atomic mass is 10.1. The summed E-state index contributed by atoms with van der Waals surface area (Å²) in [5.41, 5.74) is 3.98. The molecule has 1 aromatic carbocycles. The van der Waals surface area contributed by atoms with E-state index in [-0.39, 0.29) is 5.91 Å². The van der Waals surface area contributed by atoms with Crippen LogP contribution in [0, 0.1) is 13.8 Å². The van der Waals surface area contributed by atoms with Crippen LogP contribution >= 0.6 is 11.3 Å². The van der Waals surface area contributed by atoms with Gasteiger partial charge in [-0.2, -0.15) is 0 Å². The Bertz CT molecular complexity index is 1240. The van der Waals surface area contributed by atoms with Gasteiger partial charge in [-0.25, -0.2) is 15.0 Å². The summed E-state index contributed by atoms with van der Waals surface area (Å²) >= 11 is 1.35. The smallest absolute Gasteiger partial charge is 0.267 e. The van der Waals surface area contributed by atoms with Crippen molar-refractivity contribution in [2.24, 2.45) is 0 Å². The molecule has 3 aromatic heterocycles. The molecule has 9 heteroatoms. The number of aromatic nitrogens is 4. The quantitative estimate of drug-likeness (QED) is 0.458. The van der Waals surface area contributed by atoms with Crippen LogP contribution in [-0.4, -0.2) is 33.0 Å². The van der Waals surface area contributed by atoms with Gasteiger partial charge in [0.2, 0.25) is 5.95 Å². The van der Waals surface area contributed by atoms with Gasteiger partial charge in [0, 0.05) is 29.3 Å². The second kappa shape index (κ2) is 8.88. The minimum absolute atomic E-state index is 0.191. The highest BCUT2D eigenvalue weighted by atomic mass is 32.1. The van der Waals surface area contributed by atoms with E-state index in [2.05, 4.69) is 30.6 Å². The molecule has 0 aliphatic carbocycles. The maximum absolute atomic E-state index is 12.4. The predicted octanol–water partition coefficient (Wildman–Crippen LogP) is 4.62. The minimum Gasteiger partial charge on any atom is -0.495 e. The number of amides is 1. The van der Waals surface area contributed by atoms with Crippen LogP contribution < -0.4 is 15.4 Å². The van der Waals surface area contributed by atoms with Crippen molar-refractivity contribution in [1.29, 1.82) is 0 Å². The van der Waals surface area contributed by atoms with Crippen LogP contribution in [0.4, 0.5) is 17.3 Å². The molecule has 0 aliphatic rings. The number of carbonyl (C=O) groups is 1. The summed E-state index contributed by atoms with van der Waals surface area (Å²) in [7, 11) is 1.60. The molecule has 0 bridgehead atoms. The number of hydrogen-bond donors (Lipinski definition) is 2. The summed E-state index contributed by atoms with van der Waals surface area (Å²) in [6, 6.07) is 9.30. The van der Waals surface area contributed by atoms with Gasteiger partial charge >= 0.3 is 0 Å². The van der Waals surface area contributed by atoms with Crippen LogP contribution in [0.1, 0.15) is 20.2 Å². The molecule has 0 radical (unpaired) electrons. The first-order valence-electron chi connectivity index (χ1n) is 9.46. The number of aryl methyl sites for hydroxylation is 2. The zero-order valence-corrected chi connectivity index (χ0v) is 18.0. The number of pyridine rings is 1. The molecule has 0 saturated carbocycles. The van der Waals surface area contributed by atoms with Crippen molar-refractivity contribution in [2.75, 3.05) is 17.7 Å². The van der Waals surface area contributed by atoms with E-state index in [0.29, 0.717) is 28.0 Å². The fourth-order valence-electron chi connectivity index (χ4n) is 2.86. The lowest BCUT2D eigenvalue weighted by Gasteiger charge is -2.12. The molecular weight excluding hydrogens is 412 g/mol. The molecule has 0 atom stereocenters. The zero-order valence-electron chi connectivity index (χ0n) is 17.2. The van der Waals surface area contributed by atoms with Gasteiger partial charge in [0.1, 0.15) is 10.6 Å². The molecule has 3 heterocycles. The van der Waals surface area contributed by atoms with Gasteiger partial charge in [0.05, 0.1) is 30.2 Å². The highest BCUT2D eigenvalue weighted by Gasteiger charge is 2.11. The van der Waals surface area contributed by atoms with E-state index in [1.807, 2.05) is 44.2 Å². The molecule has 4 aromatic rings. The average Bonchev–Trinajstić information content (AvgIpc) is 3.23. The van der Waals surface area contributed by atoms with E-state index in [1.165, 1.54) is 11.3 Å². The van der Waals surface area contributed by atoms with Crippen LogP contribution in [0.3, 0.4) is 0 Å². The molecule has 1 amide bonds. The summed E-state index contributed by atoms with van der Waals surface area (Å²) in [6.45, 7) is 3.83. The summed E-state index contributed by atoms with van der Waals surface area (Å²) < 4.78 is 5.24. The van der Waals surface area contributed by atoms with Crippen molar-refractivity contribution in [3.05, 3.63) is 70.6 Å². The van der Waals surface area contributed by atoms with E-state index >= 15 is 0 Å². The number of benzene rings is 1. The fourth-order valence-corrected chi connectivity index (χ4v) is 3.54. The Morgan fingerprint density at radius 2 is 1.94 bits per heavy atom. The Morgan fingerprint density at radius 3 is 2.71 bits per heavy atom. The summed E-state index contributed by atoms with van der Waals surface area (Å²) in [6.07, 6.45) is 6.62. The Morgan fingerprint density at radius 1 is 1.06 bits per heavy atom. The van der Waals surface area contributed by atoms with Crippen LogP contribution in [-0.2, 0) is 0 Å². The number of thiazole rings is 1. The number of nitrogens with one attached hydrogen (secondary N) is 2. The van der Waals surface area contributed by atoms with Crippen molar-refractivity contribution in [2.45, 2.75) is 13.8 Å². The zero-order chi connectivity index (χ0) is 21.8. The van der Waals surface area contributed by atoms with Gasteiger partial charge in [0.15, 0.2) is 0 Å². The van der Waals surface area contributed by atoms with E-state index in [9.17, 15) is 4.79 Å². The average molecular weight is 433 g/mol. The van der Waals surface area contributed by atoms with E-state index < -0.39 is 0 Å². The highest BCUT2D eigenvalue weighted by molar-refractivity contribution is 7.13. The van der Waals surface area contributed by atoms with Crippen LogP contribution in [0.5, 0.6) is 5.75 Å². The number of anilines is 3. The number of hydrogen-bond acceptors (Lipinski definition) is 8. The predicted molar refractivity (Wildman–Crippen MR) is 121 cm³/mol. The molecule has 0 unspecified atom stereocenters. The third-order valence-corrected chi connectivity index (χ3v) is 5.40.